The molecular weight excluding hydrogens is 294 g/mol. The zero-order valence-electron chi connectivity index (χ0n) is 13.1. The van der Waals surface area contributed by atoms with Crippen LogP contribution in [0.4, 0.5) is 0 Å². The summed E-state index contributed by atoms with van der Waals surface area (Å²) in [6.45, 7) is 1.97. The molecule has 0 spiro atoms. The second kappa shape index (κ2) is 7.75. The average Bonchev–Trinajstić information content (AvgIpc) is 3.08. The van der Waals surface area contributed by atoms with E-state index in [4.69, 9.17) is 9.15 Å². The van der Waals surface area contributed by atoms with Crippen LogP contribution in [0.5, 0.6) is 0 Å². The van der Waals surface area contributed by atoms with Crippen LogP contribution in [-0.2, 0) is 17.8 Å². The van der Waals surface area contributed by atoms with Crippen LogP contribution in [0.15, 0.2) is 47.1 Å². The number of furan rings is 1. The minimum absolute atomic E-state index is 0.0526. The lowest BCUT2D eigenvalue weighted by Gasteiger charge is -2.37. The molecule has 1 aromatic carbocycles. The standard InChI is InChI=1S/C18H23NO4/c20-11-18-17-6-2-1-4-14(17)7-8-19(18)10-15(21)12-22-13-16-5-3-9-23-16/h1-6,9,15,18,20-21H,7-8,10-13H2. The number of fused-ring (bicyclic) bond motifs is 1. The predicted octanol–water partition coefficient (Wildman–Crippen LogP) is 1.75. The summed E-state index contributed by atoms with van der Waals surface area (Å²) in [4.78, 5) is 2.13. The summed E-state index contributed by atoms with van der Waals surface area (Å²) in [5.41, 5.74) is 2.44. The molecule has 1 aliphatic heterocycles. The molecule has 0 saturated heterocycles. The van der Waals surface area contributed by atoms with Gasteiger partial charge in [-0.2, -0.15) is 0 Å². The average molecular weight is 317 g/mol. The molecule has 0 fully saturated rings. The fourth-order valence-electron chi connectivity index (χ4n) is 3.15. The normalized spacial score (nSPS) is 19.5. The van der Waals surface area contributed by atoms with E-state index < -0.39 is 6.10 Å². The van der Waals surface area contributed by atoms with Crippen molar-refractivity contribution in [2.24, 2.45) is 0 Å². The third-order valence-corrected chi connectivity index (χ3v) is 4.28. The summed E-state index contributed by atoms with van der Waals surface area (Å²) in [6, 6.07) is 11.8. The molecule has 0 saturated carbocycles. The molecule has 5 heteroatoms. The van der Waals surface area contributed by atoms with Crippen LogP contribution in [0.2, 0.25) is 0 Å². The second-order valence-corrected chi connectivity index (χ2v) is 5.89. The number of β-amino-alcohol motifs (C(OH)–C–C–N with tert-alkyl or cyclic N) is 1. The van der Waals surface area contributed by atoms with Gasteiger partial charge in [-0.05, 0) is 29.7 Å². The van der Waals surface area contributed by atoms with Gasteiger partial charge in [-0.3, -0.25) is 4.90 Å². The van der Waals surface area contributed by atoms with Crippen molar-refractivity contribution in [3.8, 4) is 0 Å². The molecule has 3 rings (SSSR count). The van der Waals surface area contributed by atoms with Gasteiger partial charge in [0.05, 0.1) is 31.6 Å². The second-order valence-electron chi connectivity index (χ2n) is 5.89. The Hall–Kier alpha value is -1.66. The summed E-state index contributed by atoms with van der Waals surface area (Å²) in [5, 5.41) is 20.0. The maximum absolute atomic E-state index is 10.2. The largest absolute Gasteiger partial charge is 0.467 e. The van der Waals surface area contributed by atoms with Gasteiger partial charge >= 0.3 is 0 Å². The van der Waals surface area contributed by atoms with E-state index in [2.05, 4.69) is 17.0 Å². The van der Waals surface area contributed by atoms with Crippen LogP contribution < -0.4 is 0 Å². The molecule has 0 bridgehead atoms. The molecule has 2 aromatic rings. The Balaban J connectivity index is 1.52. The summed E-state index contributed by atoms with van der Waals surface area (Å²) in [7, 11) is 0. The van der Waals surface area contributed by atoms with Gasteiger partial charge < -0.3 is 19.4 Å². The van der Waals surface area contributed by atoms with Crippen molar-refractivity contribution >= 4 is 0 Å². The number of nitrogens with zero attached hydrogens (tertiary/aromatic N) is 1. The van der Waals surface area contributed by atoms with Crippen molar-refractivity contribution in [3.05, 3.63) is 59.5 Å². The first kappa shape index (κ1) is 16.2. The van der Waals surface area contributed by atoms with E-state index in [9.17, 15) is 10.2 Å². The van der Waals surface area contributed by atoms with Crippen LogP contribution in [-0.4, -0.2) is 47.5 Å². The molecule has 23 heavy (non-hydrogen) atoms. The molecule has 2 atom stereocenters. The molecule has 0 aliphatic carbocycles. The zero-order valence-corrected chi connectivity index (χ0v) is 13.1. The lowest BCUT2D eigenvalue weighted by Crippen LogP contribution is -2.42. The molecule has 1 aromatic heterocycles. The van der Waals surface area contributed by atoms with Crippen molar-refractivity contribution in [2.45, 2.75) is 25.2 Å². The third-order valence-electron chi connectivity index (χ3n) is 4.28. The van der Waals surface area contributed by atoms with E-state index in [1.54, 1.807) is 6.26 Å². The van der Waals surface area contributed by atoms with E-state index in [1.165, 1.54) is 5.56 Å². The van der Waals surface area contributed by atoms with Gasteiger partial charge in [-0.25, -0.2) is 0 Å². The number of ether oxygens (including phenoxy) is 1. The Morgan fingerprint density at radius 1 is 1.26 bits per heavy atom. The first-order valence-electron chi connectivity index (χ1n) is 7.99. The minimum Gasteiger partial charge on any atom is -0.467 e. The highest BCUT2D eigenvalue weighted by Gasteiger charge is 2.27. The van der Waals surface area contributed by atoms with Gasteiger partial charge in [0.1, 0.15) is 12.4 Å². The van der Waals surface area contributed by atoms with Gasteiger partial charge in [0.15, 0.2) is 0 Å². The molecule has 0 amide bonds. The van der Waals surface area contributed by atoms with Crippen LogP contribution in [0, 0.1) is 0 Å². The predicted molar refractivity (Wildman–Crippen MR) is 85.9 cm³/mol. The molecule has 124 valence electrons. The number of rotatable bonds is 7. The van der Waals surface area contributed by atoms with Crippen molar-refractivity contribution in [1.29, 1.82) is 0 Å². The highest BCUT2D eigenvalue weighted by molar-refractivity contribution is 5.32. The Bertz CT molecular complexity index is 599. The summed E-state index contributed by atoms with van der Waals surface area (Å²) >= 11 is 0. The van der Waals surface area contributed by atoms with E-state index in [-0.39, 0.29) is 19.3 Å². The SMILES string of the molecule is OCC1c2ccccc2CCN1CC(O)COCc1ccco1. The topological polar surface area (TPSA) is 66.1 Å². The lowest BCUT2D eigenvalue weighted by molar-refractivity contribution is -0.00920. The van der Waals surface area contributed by atoms with Gasteiger partial charge in [0, 0.05) is 13.1 Å². The van der Waals surface area contributed by atoms with E-state index in [0.717, 1.165) is 24.3 Å². The Labute approximate surface area is 136 Å². The van der Waals surface area contributed by atoms with Gasteiger partial charge in [0.2, 0.25) is 0 Å². The number of hydrogen-bond acceptors (Lipinski definition) is 5. The van der Waals surface area contributed by atoms with Gasteiger partial charge in [-0.15, -0.1) is 0 Å². The quantitative estimate of drug-likeness (QED) is 0.814. The highest BCUT2D eigenvalue weighted by Crippen LogP contribution is 2.29. The van der Waals surface area contributed by atoms with Gasteiger partial charge in [-0.1, -0.05) is 24.3 Å². The molecule has 1 aliphatic rings. The Morgan fingerprint density at radius 2 is 2.13 bits per heavy atom. The first-order valence-corrected chi connectivity index (χ1v) is 7.99. The molecular formula is C18H23NO4. The van der Waals surface area contributed by atoms with Crippen LogP contribution in [0.3, 0.4) is 0 Å². The molecule has 5 nitrogen and oxygen atoms in total. The van der Waals surface area contributed by atoms with Crippen LogP contribution in [0.25, 0.3) is 0 Å². The molecule has 2 N–H and O–H groups in total. The van der Waals surface area contributed by atoms with Crippen LogP contribution >= 0.6 is 0 Å². The smallest absolute Gasteiger partial charge is 0.129 e. The minimum atomic E-state index is -0.593. The summed E-state index contributed by atoms with van der Waals surface area (Å²) in [6.07, 6.45) is 1.95. The molecule has 2 unspecified atom stereocenters. The van der Waals surface area contributed by atoms with Crippen LogP contribution in [0.1, 0.15) is 22.9 Å². The van der Waals surface area contributed by atoms with E-state index in [0.29, 0.717) is 13.2 Å². The maximum Gasteiger partial charge on any atom is 0.129 e. The number of benzene rings is 1. The van der Waals surface area contributed by atoms with Crippen molar-refractivity contribution < 1.29 is 19.4 Å². The van der Waals surface area contributed by atoms with Crippen molar-refractivity contribution in [2.75, 3.05) is 26.3 Å². The fraction of sp³-hybridized carbons (Fsp3) is 0.444. The zero-order chi connectivity index (χ0) is 16.1. The highest BCUT2D eigenvalue weighted by atomic mass is 16.5. The van der Waals surface area contributed by atoms with E-state index >= 15 is 0 Å². The number of aliphatic hydroxyl groups is 2. The summed E-state index contributed by atoms with van der Waals surface area (Å²) in [5.74, 6) is 0.748. The van der Waals surface area contributed by atoms with Gasteiger partial charge in [0.25, 0.3) is 0 Å². The number of hydrogen-bond donors (Lipinski definition) is 2. The molecule has 2 heterocycles. The number of aliphatic hydroxyl groups excluding tert-OH is 2. The van der Waals surface area contributed by atoms with E-state index in [1.807, 2.05) is 24.3 Å². The first-order chi connectivity index (χ1) is 11.3. The Morgan fingerprint density at radius 3 is 2.91 bits per heavy atom. The fourth-order valence-corrected chi connectivity index (χ4v) is 3.15. The van der Waals surface area contributed by atoms with Crippen molar-refractivity contribution in [3.63, 3.8) is 0 Å². The summed E-state index contributed by atoms with van der Waals surface area (Å²) < 4.78 is 10.7. The Kier molecular flexibility index (Phi) is 5.46. The van der Waals surface area contributed by atoms with Crippen molar-refractivity contribution in [1.82, 2.24) is 4.90 Å². The lowest BCUT2D eigenvalue weighted by atomic mass is 9.93. The third kappa shape index (κ3) is 4.00. The maximum atomic E-state index is 10.2. The monoisotopic (exact) mass is 317 g/mol. The molecule has 0 radical (unpaired) electrons.